The van der Waals surface area contributed by atoms with Crippen LogP contribution < -0.4 is 5.32 Å². The Balaban J connectivity index is 2.34. The number of nitrogens with one attached hydrogen (secondary N) is 1. The van der Waals surface area contributed by atoms with Gasteiger partial charge in [0.15, 0.2) is 0 Å². The van der Waals surface area contributed by atoms with Crippen LogP contribution in [-0.4, -0.2) is 18.2 Å². The average molecular weight is 296 g/mol. The molecule has 3 nitrogen and oxygen atoms in total. The summed E-state index contributed by atoms with van der Waals surface area (Å²) in [7, 11) is 0. The van der Waals surface area contributed by atoms with Gasteiger partial charge < -0.3 is 10.1 Å². The molecule has 0 aliphatic carbocycles. The van der Waals surface area contributed by atoms with E-state index in [-0.39, 0.29) is 6.09 Å². The number of carbonyl (C=O) groups is 1. The van der Waals surface area contributed by atoms with E-state index >= 15 is 0 Å². The number of hydrogen-bond donors (Lipinski definition) is 1. The SMILES string of the molecule is Cc1cc(Cl)ccc1C=CCCNC(=O)OC(C)(C)C. The van der Waals surface area contributed by atoms with Crippen LogP contribution in [0.1, 0.15) is 38.3 Å². The molecule has 0 saturated carbocycles. The smallest absolute Gasteiger partial charge is 0.407 e. The van der Waals surface area contributed by atoms with Gasteiger partial charge in [-0.1, -0.05) is 29.8 Å². The number of aryl methyl sites for hydroxylation is 1. The van der Waals surface area contributed by atoms with Gasteiger partial charge in [-0.15, -0.1) is 0 Å². The van der Waals surface area contributed by atoms with E-state index in [9.17, 15) is 4.79 Å². The Bertz CT molecular complexity index is 490. The number of carbonyl (C=O) groups excluding carboxylic acids is 1. The normalized spacial score (nSPS) is 11.7. The lowest BCUT2D eigenvalue weighted by molar-refractivity contribution is 0.0529. The van der Waals surface area contributed by atoms with Gasteiger partial charge in [0.2, 0.25) is 0 Å². The summed E-state index contributed by atoms with van der Waals surface area (Å²) in [6, 6.07) is 5.78. The molecule has 20 heavy (non-hydrogen) atoms. The van der Waals surface area contributed by atoms with Crippen molar-refractivity contribution >= 4 is 23.8 Å². The number of benzene rings is 1. The molecule has 1 N–H and O–H groups in total. The molecule has 4 heteroatoms. The van der Waals surface area contributed by atoms with E-state index in [1.54, 1.807) is 0 Å². The van der Waals surface area contributed by atoms with Gasteiger partial charge in [0.05, 0.1) is 0 Å². The molecule has 0 aliphatic rings. The molecule has 0 bridgehead atoms. The summed E-state index contributed by atoms with van der Waals surface area (Å²) in [5.74, 6) is 0. The van der Waals surface area contributed by atoms with Crippen molar-refractivity contribution in [1.82, 2.24) is 5.32 Å². The minimum Gasteiger partial charge on any atom is -0.444 e. The summed E-state index contributed by atoms with van der Waals surface area (Å²) < 4.78 is 5.15. The van der Waals surface area contributed by atoms with Crippen molar-refractivity contribution in [3.8, 4) is 0 Å². The molecule has 0 spiro atoms. The predicted molar refractivity (Wildman–Crippen MR) is 84.1 cm³/mol. The first-order valence-corrected chi connectivity index (χ1v) is 7.05. The highest BCUT2D eigenvalue weighted by Crippen LogP contribution is 2.16. The Morgan fingerprint density at radius 3 is 2.70 bits per heavy atom. The monoisotopic (exact) mass is 295 g/mol. The van der Waals surface area contributed by atoms with E-state index in [1.807, 2.05) is 58.0 Å². The number of rotatable bonds is 4. The lowest BCUT2D eigenvalue weighted by Gasteiger charge is -2.19. The lowest BCUT2D eigenvalue weighted by atomic mass is 10.1. The summed E-state index contributed by atoms with van der Waals surface area (Å²) in [4.78, 5) is 11.4. The summed E-state index contributed by atoms with van der Waals surface area (Å²) in [6.07, 6.45) is 4.42. The van der Waals surface area contributed by atoms with E-state index in [2.05, 4.69) is 5.32 Å². The zero-order valence-corrected chi connectivity index (χ0v) is 13.3. The van der Waals surface area contributed by atoms with Crippen molar-refractivity contribution < 1.29 is 9.53 Å². The average Bonchev–Trinajstić information content (AvgIpc) is 2.28. The van der Waals surface area contributed by atoms with Crippen molar-refractivity contribution in [3.05, 3.63) is 40.4 Å². The molecule has 1 aromatic rings. The van der Waals surface area contributed by atoms with Gasteiger partial charge in [0.25, 0.3) is 0 Å². The van der Waals surface area contributed by atoms with Gasteiger partial charge in [-0.05, 0) is 57.4 Å². The Labute approximate surface area is 126 Å². The van der Waals surface area contributed by atoms with E-state index in [0.29, 0.717) is 6.54 Å². The molecule has 110 valence electrons. The van der Waals surface area contributed by atoms with Gasteiger partial charge in [0, 0.05) is 11.6 Å². The topological polar surface area (TPSA) is 38.3 Å². The van der Waals surface area contributed by atoms with Crippen LogP contribution in [0.5, 0.6) is 0 Å². The third-order valence-electron chi connectivity index (χ3n) is 2.51. The van der Waals surface area contributed by atoms with Crippen molar-refractivity contribution in [2.45, 2.75) is 39.7 Å². The fourth-order valence-electron chi connectivity index (χ4n) is 1.61. The van der Waals surface area contributed by atoms with Crippen LogP contribution in [0.3, 0.4) is 0 Å². The molecule has 1 aromatic carbocycles. The second-order valence-electron chi connectivity index (χ2n) is 5.62. The van der Waals surface area contributed by atoms with E-state index in [1.165, 1.54) is 0 Å². The Morgan fingerprint density at radius 1 is 1.40 bits per heavy atom. The summed E-state index contributed by atoms with van der Waals surface area (Å²) >= 11 is 5.90. The lowest BCUT2D eigenvalue weighted by Crippen LogP contribution is -2.32. The van der Waals surface area contributed by atoms with Crippen LogP contribution in [0, 0.1) is 6.92 Å². The maximum absolute atomic E-state index is 11.4. The first-order valence-electron chi connectivity index (χ1n) is 6.67. The molecule has 0 unspecified atom stereocenters. The highest BCUT2D eigenvalue weighted by Gasteiger charge is 2.15. The van der Waals surface area contributed by atoms with Crippen molar-refractivity contribution in [1.29, 1.82) is 0 Å². The zero-order chi connectivity index (χ0) is 15.2. The summed E-state index contributed by atoms with van der Waals surface area (Å²) in [5.41, 5.74) is 1.81. The van der Waals surface area contributed by atoms with E-state index in [4.69, 9.17) is 16.3 Å². The van der Waals surface area contributed by atoms with Gasteiger partial charge in [-0.25, -0.2) is 4.79 Å². The van der Waals surface area contributed by atoms with Gasteiger partial charge >= 0.3 is 6.09 Å². The van der Waals surface area contributed by atoms with Gasteiger partial charge in [-0.2, -0.15) is 0 Å². The minimum atomic E-state index is -0.458. The van der Waals surface area contributed by atoms with E-state index in [0.717, 1.165) is 22.6 Å². The fourth-order valence-corrected chi connectivity index (χ4v) is 1.83. The minimum absolute atomic E-state index is 0.381. The first kappa shape index (κ1) is 16.6. The highest BCUT2D eigenvalue weighted by atomic mass is 35.5. The zero-order valence-electron chi connectivity index (χ0n) is 12.5. The second kappa shape index (κ2) is 7.34. The Hall–Kier alpha value is -1.48. The number of amides is 1. The molecule has 0 radical (unpaired) electrons. The van der Waals surface area contributed by atoms with E-state index < -0.39 is 5.60 Å². The fraction of sp³-hybridized carbons (Fsp3) is 0.438. The van der Waals surface area contributed by atoms with Crippen LogP contribution in [-0.2, 0) is 4.74 Å². The first-order chi connectivity index (χ1) is 9.28. The maximum Gasteiger partial charge on any atom is 0.407 e. The van der Waals surface area contributed by atoms with Crippen LogP contribution in [0.25, 0.3) is 6.08 Å². The standard InChI is InChI=1S/C16H22ClNO2/c1-12-11-14(17)9-8-13(12)7-5-6-10-18-15(19)20-16(2,3)4/h5,7-9,11H,6,10H2,1-4H3,(H,18,19). The summed E-state index contributed by atoms with van der Waals surface area (Å²) in [6.45, 7) is 8.10. The third-order valence-corrected chi connectivity index (χ3v) is 2.74. The second-order valence-corrected chi connectivity index (χ2v) is 6.06. The van der Waals surface area contributed by atoms with Crippen molar-refractivity contribution in [2.75, 3.05) is 6.54 Å². The number of alkyl carbamates (subject to hydrolysis) is 1. The maximum atomic E-state index is 11.4. The molecule has 0 aliphatic heterocycles. The molecule has 0 atom stereocenters. The summed E-state index contributed by atoms with van der Waals surface area (Å²) in [5, 5.41) is 3.46. The molecular weight excluding hydrogens is 274 g/mol. The number of hydrogen-bond acceptors (Lipinski definition) is 2. The highest BCUT2D eigenvalue weighted by molar-refractivity contribution is 6.30. The Kier molecular flexibility index (Phi) is 6.08. The van der Waals surface area contributed by atoms with Crippen LogP contribution in [0.15, 0.2) is 24.3 Å². The third kappa shape index (κ3) is 6.62. The number of ether oxygens (including phenoxy) is 1. The van der Waals surface area contributed by atoms with Gasteiger partial charge in [0.1, 0.15) is 5.60 Å². The van der Waals surface area contributed by atoms with Crippen LogP contribution >= 0.6 is 11.6 Å². The Morgan fingerprint density at radius 2 is 2.10 bits per heavy atom. The number of halogens is 1. The molecule has 0 aromatic heterocycles. The molecule has 0 heterocycles. The van der Waals surface area contributed by atoms with Gasteiger partial charge in [-0.3, -0.25) is 0 Å². The van der Waals surface area contributed by atoms with Crippen molar-refractivity contribution in [3.63, 3.8) is 0 Å². The van der Waals surface area contributed by atoms with Crippen LogP contribution in [0.4, 0.5) is 4.79 Å². The molecule has 0 fully saturated rings. The molecule has 1 amide bonds. The molecule has 0 saturated heterocycles. The predicted octanol–water partition coefficient (Wildman–Crippen LogP) is 4.58. The van der Waals surface area contributed by atoms with Crippen LogP contribution in [0.2, 0.25) is 5.02 Å². The quantitative estimate of drug-likeness (QED) is 0.826. The molecular formula is C16H22ClNO2. The van der Waals surface area contributed by atoms with Crippen molar-refractivity contribution in [2.24, 2.45) is 0 Å². The largest absolute Gasteiger partial charge is 0.444 e. The molecule has 1 rings (SSSR count).